The minimum absolute atomic E-state index is 0.432. The number of rotatable bonds is 3. The Bertz CT molecular complexity index is 287. The minimum atomic E-state index is 0.432. The van der Waals surface area contributed by atoms with Crippen LogP contribution in [0.25, 0.3) is 0 Å². The van der Waals surface area contributed by atoms with Crippen molar-refractivity contribution in [1.29, 1.82) is 0 Å². The van der Waals surface area contributed by atoms with E-state index in [-0.39, 0.29) is 0 Å². The Morgan fingerprint density at radius 2 is 2.11 bits per heavy atom. The molecule has 3 fully saturated rings. The fourth-order valence-electron chi connectivity index (χ4n) is 3.95. The van der Waals surface area contributed by atoms with Crippen molar-refractivity contribution in [2.45, 2.75) is 38.3 Å². The quantitative estimate of drug-likeness (QED) is 0.818. The topological polar surface area (TPSA) is 27.7 Å². The second kappa shape index (κ2) is 6.53. The number of likely N-dealkylation sites (N-methyl/N-ethyl adjacent to an activating group) is 1. The van der Waals surface area contributed by atoms with Crippen molar-refractivity contribution < 1.29 is 4.74 Å². The summed E-state index contributed by atoms with van der Waals surface area (Å²) in [5.41, 5.74) is 0. The van der Waals surface area contributed by atoms with Crippen molar-refractivity contribution in [2.24, 2.45) is 5.92 Å². The van der Waals surface area contributed by atoms with Gasteiger partial charge in [-0.2, -0.15) is 0 Å². The molecule has 0 aromatic heterocycles. The molecule has 3 atom stereocenters. The smallest absolute Gasteiger partial charge is 0.0829 e. The molecule has 1 N–H and O–H groups in total. The largest absolute Gasteiger partial charge is 0.374 e. The molecule has 3 aliphatic rings. The molecule has 4 nitrogen and oxygen atoms in total. The maximum atomic E-state index is 5.95. The highest BCUT2D eigenvalue weighted by Gasteiger charge is 2.32. The zero-order chi connectivity index (χ0) is 13.1. The van der Waals surface area contributed by atoms with E-state index in [9.17, 15) is 0 Å². The number of fused-ring (bicyclic) bond motifs is 1. The van der Waals surface area contributed by atoms with E-state index < -0.39 is 0 Å². The van der Waals surface area contributed by atoms with Crippen molar-refractivity contribution in [3.63, 3.8) is 0 Å². The van der Waals surface area contributed by atoms with Gasteiger partial charge in [-0.05, 0) is 44.8 Å². The van der Waals surface area contributed by atoms with Crippen LogP contribution in [0.4, 0.5) is 0 Å². The van der Waals surface area contributed by atoms with E-state index in [1.54, 1.807) is 0 Å². The molecule has 0 radical (unpaired) electrons. The number of ether oxygens (including phenoxy) is 1. The summed E-state index contributed by atoms with van der Waals surface area (Å²) < 4.78 is 5.95. The first-order valence-corrected chi connectivity index (χ1v) is 8.15. The van der Waals surface area contributed by atoms with Gasteiger partial charge in [-0.15, -0.1) is 0 Å². The van der Waals surface area contributed by atoms with Crippen LogP contribution in [0.3, 0.4) is 0 Å². The van der Waals surface area contributed by atoms with Crippen LogP contribution < -0.4 is 5.32 Å². The van der Waals surface area contributed by atoms with Crippen LogP contribution in [0.2, 0.25) is 0 Å². The molecular formula is C15H29N3O. The summed E-state index contributed by atoms with van der Waals surface area (Å²) >= 11 is 0. The van der Waals surface area contributed by atoms with Gasteiger partial charge in [-0.1, -0.05) is 6.92 Å². The first kappa shape index (κ1) is 13.8. The Balaban J connectivity index is 1.47. The van der Waals surface area contributed by atoms with E-state index in [1.807, 2.05) is 0 Å². The number of hydrogen-bond donors (Lipinski definition) is 1. The van der Waals surface area contributed by atoms with Gasteiger partial charge in [0.1, 0.15) is 0 Å². The van der Waals surface area contributed by atoms with Crippen LogP contribution >= 0.6 is 0 Å². The molecule has 3 aliphatic heterocycles. The third-order valence-electron chi connectivity index (χ3n) is 5.11. The van der Waals surface area contributed by atoms with Crippen molar-refractivity contribution in [1.82, 2.24) is 15.1 Å². The van der Waals surface area contributed by atoms with Gasteiger partial charge in [-0.3, -0.25) is 4.90 Å². The first-order valence-electron chi connectivity index (χ1n) is 8.15. The monoisotopic (exact) mass is 267 g/mol. The van der Waals surface area contributed by atoms with Crippen molar-refractivity contribution >= 4 is 0 Å². The lowest BCUT2D eigenvalue weighted by Crippen LogP contribution is -2.55. The molecule has 0 saturated carbocycles. The maximum absolute atomic E-state index is 5.95. The number of nitrogens with one attached hydrogen (secondary N) is 1. The molecule has 0 spiro atoms. The molecule has 3 saturated heterocycles. The van der Waals surface area contributed by atoms with Gasteiger partial charge in [0.05, 0.1) is 12.7 Å². The fourth-order valence-corrected chi connectivity index (χ4v) is 3.95. The third-order valence-corrected chi connectivity index (χ3v) is 5.11. The van der Waals surface area contributed by atoms with Crippen molar-refractivity contribution in [2.75, 3.05) is 52.4 Å². The minimum Gasteiger partial charge on any atom is -0.374 e. The van der Waals surface area contributed by atoms with Crippen LogP contribution in [0.15, 0.2) is 0 Å². The molecule has 0 aromatic carbocycles. The number of hydrogen-bond acceptors (Lipinski definition) is 4. The zero-order valence-electron chi connectivity index (χ0n) is 12.3. The molecule has 0 amide bonds. The molecule has 3 unspecified atom stereocenters. The highest BCUT2D eigenvalue weighted by Crippen LogP contribution is 2.25. The van der Waals surface area contributed by atoms with Crippen molar-refractivity contribution in [3.05, 3.63) is 0 Å². The second-order valence-corrected chi connectivity index (χ2v) is 6.40. The fraction of sp³-hybridized carbons (Fsp3) is 1.00. The predicted octanol–water partition coefficient (Wildman–Crippen LogP) is 0.781. The molecule has 3 heterocycles. The summed E-state index contributed by atoms with van der Waals surface area (Å²) in [6.07, 6.45) is 4.54. The van der Waals surface area contributed by atoms with E-state index in [0.29, 0.717) is 6.10 Å². The van der Waals surface area contributed by atoms with E-state index >= 15 is 0 Å². The van der Waals surface area contributed by atoms with E-state index in [4.69, 9.17) is 4.74 Å². The number of likely N-dealkylation sites (tertiary alicyclic amines) is 1. The van der Waals surface area contributed by atoms with Gasteiger partial charge in [0.15, 0.2) is 0 Å². The second-order valence-electron chi connectivity index (χ2n) is 6.40. The molecule has 0 aliphatic carbocycles. The summed E-state index contributed by atoms with van der Waals surface area (Å²) in [5, 5.41) is 3.70. The highest BCUT2D eigenvalue weighted by atomic mass is 16.5. The summed E-state index contributed by atoms with van der Waals surface area (Å²) in [6.45, 7) is 11.5. The Kier molecular flexibility index (Phi) is 4.74. The SMILES string of the molecule is CCN1CCOC(CN2CCC3NCCCC3C2)C1. The summed E-state index contributed by atoms with van der Waals surface area (Å²) in [7, 11) is 0. The average molecular weight is 267 g/mol. The number of nitrogens with zero attached hydrogens (tertiary/aromatic N) is 2. The lowest BCUT2D eigenvalue weighted by molar-refractivity contribution is -0.0488. The molecule has 4 heteroatoms. The molecule has 19 heavy (non-hydrogen) atoms. The van der Waals surface area contributed by atoms with Gasteiger partial charge in [-0.25, -0.2) is 0 Å². The summed E-state index contributed by atoms with van der Waals surface area (Å²) in [6, 6.07) is 0.796. The highest BCUT2D eigenvalue weighted by molar-refractivity contribution is 4.89. The maximum Gasteiger partial charge on any atom is 0.0829 e. The first-order chi connectivity index (χ1) is 9.35. The Morgan fingerprint density at radius 1 is 1.16 bits per heavy atom. The lowest BCUT2D eigenvalue weighted by Gasteiger charge is -2.43. The van der Waals surface area contributed by atoms with Crippen LogP contribution in [-0.4, -0.2) is 74.4 Å². The van der Waals surface area contributed by atoms with Crippen LogP contribution in [-0.2, 0) is 4.74 Å². The zero-order valence-corrected chi connectivity index (χ0v) is 12.3. The molecular weight excluding hydrogens is 238 g/mol. The third kappa shape index (κ3) is 3.48. The van der Waals surface area contributed by atoms with Crippen molar-refractivity contribution in [3.8, 4) is 0 Å². The number of morpholine rings is 1. The molecule has 110 valence electrons. The van der Waals surface area contributed by atoms with E-state index in [0.717, 1.165) is 44.7 Å². The van der Waals surface area contributed by atoms with E-state index in [1.165, 1.54) is 38.9 Å². The summed E-state index contributed by atoms with van der Waals surface area (Å²) in [5.74, 6) is 0.883. The normalized spacial score (nSPS) is 38.1. The van der Waals surface area contributed by atoms with Crippen LogP contribution in [0.1, 0.15) is 26.2 Å². The van der Waals surface area contributed by atoms with Gasteiger partial charge >= 0.3 is 0 Å². The van der Waals surface area contributed by atoms with Crippen LogP contribution in [0, 0.1) is 5.92 Å². The molecule has 3 rings (SSSR count). The van der Waals surface area contributed by atoms with Gasteiger partial charge in [0, 0.05) is 32.2 Å². The molecule has 0 bridgehead atoms. The standard InChI is InChI=1S/C15H29N3O/c1-2-17-8-9-19-14(11-17)12-18-7-5-15-13(10-18)4-3-6-16-15/h13-16H,2-12H2,1H3. The average Bonchev–Trinajstić information content (AvgIpc) is 2.47. The number of piperidine rings is 2. The Labute approximate surface area is 117 Å². The summed E-state index contributed by atoms with van der Waals surface area (Å²) in [4.78, 5) is 5.17. The Morgan fingerprint density at radius 3 is 3.00 bits per heavy atom. The predicted molar refractivity (Wildman–Crippen MR) is 77.4 cm³/mol. The van der Waals surface area contributed by atoms with Gasteiger partial charge in [0.2, 0.25) is 0 Å². The Hall–Kier alpha value is -0.160. The van der Waals surface area contributed by atoms with Gasteiger partial charge < -0.3 is 15.0 Å². The van der Waals surface area contributed by atoms with E-state index in [2.05, 4.69) is 22.0 Å². The van der Waals surface area contributed by atoms with Crippen LogP contribution in [0.5, 0.6) is 0 Å². The van der Waals surface area contributed by atoms with Gasteiger partial charge in [0.25, 0.3) is 0 Å². The lowest BCUT2D eigenvalue weighted by atomic mass is 9.85. The molecule has 0 aromatic rings.